The average Bonchev–Trinajstić information content (AvgIpc) is 2.89. The molecule has 0 saturated heterocycles. The van der Waals surface area contributed by atoms with Crippen LogP contribution in [0.3, 0.4) is 0 Å². The predicted molar refractivity (Wildman–Crippen MR) is 80.8 cm³/mol. The molecular formula is C14H15N3O3S. The lowest BCUT2D eigenvalue weighted by atomic mass is 10.1. The summed E-state index contributed by atoms with van der Waals surface area (Å²) in [4.78, 5) is 16.3. The van der Waals surface area contributed by atoms with Gasteiger partial charge in [0.05, 0.1) is 10.2 Å². The fourth-order valence-corrected chi connectivity index (χ4v) is 3.08. The van der Waals surface area contributed by atoms with Gasteiger partial charge in [-0.25, -0.2) is 4.98 Å². The second-order valence-corrected chi connectivity index (χ2v) is 5.76. The molecule has 110 valence electrons. The molecule has 6 nitrogen and oxygen atoms in total. The van der Waals surface area contributed by atoms with Crippen molar-refractivity contribution in [3.05, 3.63) is 35.3 Å². The lowest BCUT2D eigenvalue weighted by Crippen LogP contribution is -2.32. The second-order valence-electron chi connectivity index (χ2n) is 4.73. The molecule has 0 bridgehead atoms. The molecule has 1 aromatic heterocycles. The summed E-state index contributed by atoms with van der Waals surface area (Å²) in [7, 11) is 0. The van der Waals surface area contributed by atoms with E-state index in [-0.39, 0.29) is 11.7 Å². The summed E-state index contributed by atoms with van der Waals surface area (Å²) in [5.74, 6) is -0.233. The Bertz CT molecular complexity index is 724. The third-order valence-electron chi connectivity index (χ3n) is 2.99. The molecule has 7 heteroatoms. The third-order valence-corrected chi connectivity index (χ3v) is 3.90. The number of aryl methyl sites for hydroxylation is 2. The van der Waals surface area contributed by atoms with Crippen molar-refractivity contribution in [2.45, 2.75) is 13.8 Å². The highest BCUT2D eigenvalue weighted by atomic mass is 32.1. The van der Waals surface area contributed by atoms with Crippen LogP contribution in [-0.2, 0) is 14.3 Å². The summed E-state index contributed by atoms with van der Waals surface area (Å²) >= 11 is 1.49. The van der Waals surface area contributed by atoms with Crippen molar-refractivity contribution in [1.82, 2.24) is 10.4 Å². The van der Waals surface area contributed by atoms with Crippen LogP contribution in [-0.4, -0.2) is 24.1 Å². The number of fused-ring (bicyclic) bond motifs is 1. The van der Waals surface area contributed by atoms with E-state index in [0.29, 0.717) is 18.3 Å². The molecule has 0 spiro atoms. The quantitative estimate of drug-likeness (QED) is 0.851. The molecule has 1 aromatic carbocycles. The van der Waals surface area contributed by atoms with Crippen molar-refractivity contribution in [2.75, 3.05) is 18.6 Å². The molecular weight excluding hydrogens is 290 g/mol. The Morgan fingerprint density at radius 3 is 2.95 bits per heavy atom. The summed E-state index contributed by atoms with van der Waals surface area (Å²) < 4.78 is 11.3. The number of benzene rings is 1. The molecule has 0 radical (unpaired) electrons. The van der Waals surface area contributed by atoms with E-state index in [1.54, 1.807) is 0 Å². The van der Waals surface area contributed by atoms with E-state index in [2.05, 4.69) is 28.0 Å². The van der Waals surface area contributed by atoms with Crippen LogP contribution >= 0.6 is 11.3 Å². The van der Waals surface area contributed by atoms with Gasteiger partial charge in [0, 0.05) is 0 Å². The van der Waals surface area contributed by atoms with Gasteiger partial charge in [-0.2, -0.15) is 0 Å². The van der Waals surface area contributed by atoms with Crippen LogP contribution in [0.5, 0.6) is 0 Å². The SMILES string of the molecule is Cc1cc(C)c2nc(NNC(=O)C3=COCCO3)sc2c1. The molecule has 2 heterocycles. The summed E-state index contributed by atoms with van der Waals surface area (Å²) in [6.45, 7) is 4.91. The van der Waals surface area contributed by atoms with Crippen molar-refractivity contribution < 1.29 is 14.3 Å². The van der Waals surface area contributed by atoms with Gasteiger partial charge in [0.25, 0.3) is 0 Å². The Morgan fingerprint density at radius 2 is 2.19 bits per heavy atom. The van der Waals surface area contributed by atoms with Crippen LogP contribution < -0.4 is 10.9 Å². The average molecular weight is 305 g/mol. The maximum absolute atomic E-state index is 11.8. The highest BCUT2D eigenvalue weighted by molar-refractivity contribution is 7.22. The zero-order chi connectivity index (χ0) is 14.8. The topological polar surface area (TPSA) is 72.5 Å². The zero-order valence-electron chi connectivity index (χ0n) is 11.7. The van der Waals surface area contributed by atoms with Crippen LogP contribution in [0.4, 0.5) is 5.13 Å². The van der Waals surface area contributed by atoms with Crippen molar-refractivity contribution in [2.24, 2.45) is 0 Å². The highest BCUT2D eigenvalue weighted by Gasteiger charge is 2.15. The van der Waals surface area contributed by atoms with E-state index in [1.807, 2.05) is 13.8 Å². The van der Waals surface area contributed by atoms with Crippen LogP contribution in [0.2, 0.25) is 0 Å². The van der Waals surface area contributed by atoms with Gasteiger partial charge in [0.15, 0.2) is 0 Å². The number of nitrogens with zero attached hydrogens (tertiary/aromatic N) is 1. The number of rotatable bonds is 3. The summed E-state index contributed by atoms with van der Waals surface area (Å²) in [5.41, 5.74) is 8.61. The fourth-order valence-electron chi connectivity index (χ4n) is 2.08. The number of carbonyl (C=O) groups is 1. The first kappa shape index (κ1) is 13.7. The van der Waals surface area contributed by atoms with Crippen LogP contribution in [0.1, 0.15) is 11.1 Å². The Morgan fingerprint density at radius 1 is 1.33 bits per heavy atom. The first-order chi connectivity index (χ1) is 10.1. The lowest BCUT2D eigenvalue weighted by Gasteiger charge is -2.14. The van der Waals surface area contributed by atoms with Gasteiger partial charge in [-0.05, 0) is 31.0 Å². The number of hydrazine groups is 1. The van der Waals surface area contributed by atoms with Crippen molar-refractivity contribution in [3.8, 4) is 0 Å². The molecule has 2 N–H and O–H groups in total. The number of nitrogens with one attached hydrogen (secondary N) is 2. The molecule has 2 aromatic rings. The number of carbonyl (C=O) groups excluding carboxylic acids is 1. The van der Waals surface area contributed by atoms with E-state index in [9.17, 15) is 4.79 Å². The normalized spacial score (nSPS) is 14.1. The predicted octanol–water partition coefficient (Wildman–Crippen LogP) is 2.24. The van der Waals surface area contributed by atoms with E-state index >= 15 is 0 Å². The number of ether oxygens (including phenoxy) is 2. The van der Waals surface area contributed by atoms with Gasteiger partial charge in [-0.1, -0.05) is 17.4 Å². The van der Waals surface area contributed by atoms with E-state index < -0.39 is 0 Å². The third kappa shape index (κ3) is 2.92. The first-order valence-corrected chi connectivity index (χ1v) is 7.34. The van der Waals surface area contributed by atoms with Crippen molar-refractivity contribution >= 4 is 32.6 Å². The molecule has 0 atom stereocenters. The standard InChI is InChI=1S/C14H15N3O3S/c1-8-5-9(2)12-11(6-8)21-14(15-12)17-16-13(18)10-7-19-3-4-20-10/h5-7H,3-4H2,1-2H3,(H,15,17)(H,16,18). The largest absolute Gasteiger partial charge is 0.494 e. The zero-order valence-corrected chi connectivity index (χ0v) is 12.5. The molecule has 3 rings (SSSR count). The lowest BCUT2D eigenvalue weighted by molar-refractivity contribution is -0.121. The molecule has 0 unspecified atom stereocenters. The minimum absolute atomic E-state index is 0.155. The number of hydrogen-bond donors (Lipinski definition) is 2. The van der Waals surface area contributed by atoms with Gasteiger partial charge in [0.1, 0.15) is 19.5 Å². The fraction of sp³-hybridized carbons (Fsp3) is 0.286. The molecule has 0 aliphatic carbocycles. The van der Waals surface area contributed by atoms with Crippen LogP contribution in [0.15, 0.2) is 24.2 Å². The Kier molecular flexibility index (Phi) is 3.66. The molecule has 0 fully saturated rings. The van der Waals surface area contributed by atoms with Gasteiger partial charge in [-0.3, -0.25) is 15.6 Å². The van der Waals surface area contributed by atoms with Gasteiger partial charge in [0.2, 0.25) is 10.9 Å². The minimum Gasteiger partial charge on any atom is -0.494 e. The summed E-state index contributed by atoms with van der Waals surface area (Å²) in [5, 5.41) is 0.629. The number of hydrogen-bond acceptors (Lipinski definition) is 6. The van der Waals surface area contributed by atoms with Gasteiger partial charge >= 0.3 is 5.91 Å². The Balaban J connectivity index is 1.72. The monoisotopic (exact) mass is 305 g/mol. The maximum Gasteiger partial charge on any atom is 0.307 e. The molecule has 0 saturated carbocycles. The number of amides is 1. The maximum atomic E-state index is 11.8. The molecule has 21 heavy (non-hydrogen) atoms. The Labute approximate surface area is 125 Å². The van der Waals surface area contributed by atoms with E-state index in [4.69, 9.17) is 9.47 Å². The van der Waals surface area contributed by atoms with Crippen molar-refractivity contribution in [1.29, 1.82) is 0 Å². The molecule has 1 aliphatic heterocycles. The molecule has 1 aliphatic rings. The highest BCUT2D eigenvalue weighted by Crippen LogP contribution is 2.28. The second kappa shape index (κ2) is 5.61. The smallest absolute Gasteiger partial charge is 0.307 e. The van der Waals surface area contributed by atoms with Crippen LogP contribution in [0.25, 0.3) is 10.2 Å². The first-order valence-electron chi connectivity index (χ1n) is 6.52. The van der Waals surface area contributed by atoms with E-state index in [1.165, 1.54) is 23.2 Å². The van der Waals surface area contributed by atoms with Crippen LogP contribution in [0, 0.1) is 13.8 Å². The molecule has 1 amide bonds. The van der Waals surface area contributed by atoms with Gasteiger partial charge in [-0.15, -0.1) is 0 Å². The minimum atomic E-state index is -0.387. The summed E-state index contributed by atoms with van der Waals surface area (Å²) in [6, 6.07) is 4.16. The Hall–Kier alpha value is -2.28. The number of thiazole rings is 1. The van der Waals surface area contributed by atoms with E-state index in [0.717, 1.165) is 15.8 Å². The van der Waals surface area contributed by atoms with Crippen molar-refractivity contribution in [3.63, 3.8) is 0 Å². The summed E-state index contributed by atoms with van der Waals surface area (Å²) in [6.07, 6.45) is 1.31. The van der Waals surface area contributed by atoms with Gasteiger partial charge < -0.3 is 9.47 Å². The number of aromatic nitrogens is 1. The number of anilines is 1.